The maximum absolute atomic E-state index is 12.4. The molecule has 142 valence electrons. The largest absolute Gasteiger partial charge is 0.324 e. The number of thioether (sulfide) groups is 2. The van der Waals surface area contributed by atoms with Crippen LogP contribution in [0.1, 0.15) is 11.4 Å². The van der Waals surface area contributed by atoms with Crippen LogP contribution in [0, 0.1) is 18.3 Å². The maximum Gasteiger partial charge on any atom is 0.234 e. The molecule has 0 saturated carbocycles. The monoisotopic (exact) mass is 409 g/mol. The number of hydrogen-bond donors (Lipinski definition) is 1. The zero-order chi connectivity index (χ0) is 19.8. The molecular weight excluding hydrogens is 390 g/mol. The Balaban J connectivity index is 1.62. The van der Waals surface area contributed by atoms with Crippen molar-refractivity contribution in [3.05, 3.63) is 66.0 Å². The van der Waals surface area contributed by atoms with E-state index in [1.54, 1.807) is 0 Å². The van der Waals surface area contributed by atoms with Crippen molar-refractivity contribution < 1.29 is 4.79 Å². The summed E-state index contributed by atoms with van der Waals surface area (Å²) in [6, 6.07) is 19.7. The fourth-order valence-corrected chi connectivity index (χ4v) is 3.99. The van der Waals surface area contributed by atoms with Crippen LogP contribution in [0.15, 0.2) is 64.6 Å². The van der Waals surface area contributed by atoms with Gasteiger partial charge in [0, 0.05) is 4.90 Å². The molecule has 0 aliphatic carbocycles. The van der Waals surface area contributed by atoms with Gasteiger partial charge in [0.2, 0.25) is 5.91 Å². The number of nitriles is 1. The van der Waals surface area contributed by atoms with E-state index in [1.165, 1.54) is 23.5 Å². The highest BCUT2D eigenvalue weighted by Gasteiger charge is 2.13. The number of carbonyl (C=O) groups excluding carboxylic acids is 1. The van der Waals surface area contributed by atoms with E-state index in [0.717, 1.165) is 22.0 Å². The maximum atomic E-state index is 12.4. The zero-order valence-corrected chi connectivity index (χ0v) is 17.0. The summed E-state index contributed by atoms with van der Waals surface area (Å²) in [6.07, 6.45) is 0. The molecule has 1 aromatic heterocycles. The molecule has 0 atom stereocenters. The Labute approximate surface area is 172 Å². The van der Waals surface area contributed by atoms with Gasteiger partial charge in [-0.25, -0.2) is 0 Å². The number of aromatic nitrogens is 3. The van der Waals surface area contributed by atoms with Crippen molar-refractivity contribution in [3.63, 3.8) is 0 Å². The second kappa shape index (κ2) is 9.97. The fourth-order valence-electron chi connectivity index (χ4n) is 2.54. The third kappa shape index (κ3) is 5.38. The van der Waals surface area contributed by atoms with Crippen molar-refractivity contribution in [2.24, 2.45) is 0 Å². The van der Waals surface area contributed by atoms with Gasteiger partial charge in [-0.2, -0.15) is 5.26 Å². The highest BCUT2D eigenvalue weighted by molar-refractivity contribution is 8.00. The Hall–Kier alpha value is -2.76. The molecule has 3 rings (SSSR count). The summed E-state index contributed by atoms with van der Waals surface area (Å²) in [4.78, 5) is 13.3. The first-order valence-electron chi connectivity index (χ1n) is 8.62. The van der Waals surface area contributed by atoms with Gasteiger partial charge in [-0.15, -0.1) is 22.0 Å². The molecule has 0 unspecified atom stereocenters. The summed E-state index contributed by atoms with van der Waals surface area (Å²) in [6.45, 7) is 2.57. The van der Waals surface area contributed by atoms with Crippen molar-refractivity contribution >= 4 is 35.1 Å². The van der Waals surface area contributed by atoms with Crippen molar-refractivity contribution in [2.75, 3.05) is 16.8 Å². The number of benzene rings is 2. The van der Waals surface area contributed by atoms with Crippen molar-refractivity contribution in [2.45, 2.75) is 23.5 Å². The number of nitrogens with zero attached hydrogens (tertiary/aromatic N) is 4. The van der Waals surface area contributed by atoms with E-state index in [-0.39, 0.29) is 11.7 Å². The number of para-hydroxylation sites is 1. The van der Waals surface area contributed by atoms with Gasteiger partial charge < -0.3 is 9.88 Å². The van der Waals surface area contributed by atoms with Gasteiger partial charge in [0.05, 0.1) is 29.8 Å². The molecule has 0 spiro atoms. The first kappa shape index (κ1) is 20.0. The van der Waals surface area contributed by atoms with Crippen LogP contribution in [0.25, 0.3) is 0 Å². The van der Waals surface area contributed by atoms with Gasteiger partial charge in [0.25, 0.3) is 0 Å². The molecule has 0 aliphatic heterocycles. The third-order valence-corrected chi connectivity index (χ3v) is 5.78. The average molecular weight is 410 g/mol. The van der Waals surface area contributed by atoms with Gasteiger partial charge >= 0.3 is 0 Å². The molecule has 6 nitrogen and oxygen atoms in total. The molecule has 1 amide bonds. The van der Waals surface area contributed by atoms with Gasteiger partial charge in [-0.05, 0) is 24.6 Å². The summed E-state index contributed by atoms with van der Waals surface area (Å²) < 4.78 is 2.00. The lowest BCUT2D eigenvalue weighted by molar-refractivity contribution is -0.113. The van der Waals surface area contributed by atoms with Gasteiger partial charge in [0.1, 0.15) is 5.82 Å². The smallest absolute Gasteiger partial charge is 0.234 e. The van der Waals surface area contributed by atoms with Crippen molar-refractivity contribution in [3.8, 4) is 6.07 Å². The summed E-state index contributed by atoms with van der Waals surface area (Å²) in [7, 11) is 0. The molecule has 0 saturated heterocycles. The normalized spacial score (nSPS) is 10.4. The molecule has 1 N–H and O–H groups in total. The minimum Gasteiger partial charge on any atom is -0.324 e. The van der Waals surface area contributed by atoms with E-state index in [0.29, 0.717) is 17.5 Å². The Kier molecular flexibility index (Phi) is 7.12. The predicted molar refractivity (Wildman–Crippen MR) is 112 cm³/mol. The van der Waals surface area contributed by atoms with Crippen LogP contribution in [-0.4, -0.2) is 32.2 Å². The predicted octanol–water partition coefficient (Wildman–Crippen LogP) is 3.98. The topological polar surface area (TPSA) is 83.6 Å². The number of amides is 1. The quantitative estimate of drug-likeness (QED) is 0.567. The van der Waals surface area contributed by atoms with Crippen LogP contribution >= 0.6 is 23.5 Å². The molecule has 8 heteroatoms. The molecule has 3 aromatic rings. The van der Waals surface area contributed by atoms with E-state index < -0.39 is 0 Å². The molecule has 0 fully saturated rings. The summed E-state index contributed by atoms with van der Waals surface area (Å²) in [5, 5.41) is 20.8. The van der Waals surface area contributed by atoms with Crippen LogP contribution in [0.2, 0.25) is 0 Å². The summed E-state index contributed by atoms with van der Waals surface area (Å²) >= 11 is 2.76. The Bertz CT molecular complexity index is 982. The number of anilines is 1. The van der Waals surface area contributed by atoms with E-state index in [2.05, 4.69) is 33.7 Å². The number of nitrogens with one attached hydrogen (secondary N) is 1. The number of hydrogen-bond acceptors (Lipinski definition) is 6. The highest BCUT2D eigenvalue weighted by Crippen LogP contribution is 2.27. The molecule has 0 bridgehead atoms. The molecule has 1 heterocycles. The molecular formula is C20H19N5OS2. The standard InChI is InChI=1S/C20H19N5OS2/c1-15-23-24-20(25(15)13-16-7-3-2-4-8-16)28-14-19(26)22-17-9-5-6-10-18(17)27-12-11-21/h2-10H,12-14H2,1H3,(H,22,26). The zero-order valence-electron chi connectivity index (χ0n) is 15.3. The van der Waals surface area contributed by atoms with Crippen LogP contribution < -0.4 is 5.32 Å². The van der Waals surface area contributed by atoms with E-state index in [9.17, 15) is 4.79 Å². The second-order valence-corrected chi connectivity index (χ2v) is 7.84. The first-order chi connectivity index (χ1) is 13.7. The Morgan fingerprint density at radius 2 is 1.86 bits per heavy atom. The van der Waals surface area contributed by atoms with Gasteiger partial charge in [-0.3, -0.25) is 4.79 Å². The van der Waals surface area contributed by atoms with E-state index in [1.807, 2.05) is 54.0 Å². The molecule has 2 aromatic carbocycles. The number of aryl methyl sites for hydroxylation is 1. The molecule has 0 radical (unpaired) electrons. The Morgan fingerprint density at radius 3 is 2.64 bits per heavy atom. The fraction of sp³-hybridized carbons (Fsp3) is 0.200. The lowest BCUT2D eigenvalue weighted by atomic mass is 10.2. The van der Waals surface area contributed by atoms with Gasteiger partial charge in [-0.1, -0.05) is 54.2 Å². The first-order valence-corrected chi connectivity index (χ1v) is 10.6. The number of carbonyl (C=O) groups is 1. The Morgan fingerprint density at radius 1 is 1.11 bits per heavy atom. The molecule has 0 aliphatic rings. The number of rotatable bonds is 8. The highest BCUT2D eigenvalue weighted by atomic mass is 32.2. The minimum absolute atomic E-state index is 0.123. The lowest BCUT2D eigenvalue weighted by Gasteiger charge is -2.10. The van der Waals surface area contributed by atoms with E-state index in [4.69, 9.17) is 5.26 Å². The van der Waals surface area contributed by atoms with Crippen LogP contribution in [0.3, 0.4) is 0 Å². The SMILES string of the molecule is Cc1nnc(SCC(=O)Nc2ccccc2SCC#N)n1Cc1ccccc1. The third-order valence-electron chi connectivity index (χ3n) is 3.87. The van der Waals surface area contributed by atoms with Crippen molar-refractivity contribution in [1.29, 1.82) is 5.26 Å². The van der Waals surface area contributed by atoms with Crippen LogP contribution in [-0.2, 0) is 11.3 Å². The second-order valence-electron chi connectivity index (χ2n) is 5.88. The minimum atomic E-state index is -0.123. The summed E-state index contributed by atoms with van der Waals surface area (Å²) in [5.74, 6) is 1.25. The average Bonchev–Trinajstić information content (AvgIpc) is 3.06. The van der Waals surface area contributed by atoms with E-state index >= 15 is 0 Å². The molecule has 28 heavy (non-hydrogen) atoms. The van der Waals surface area contributed by atoms with Crippen LogP contribution in [0.4, 0.5) is 5.69 Å². The van der Waals surface area contributed by atoms with Crippen LogP contribution in [0.5, 0.6) is 0 Å². The summed E-state index contributed by atoms with van der Waals surface area (Å²) in [5.41, 5.74) is 1.87. The van der Waals surface area contributed by atoms with Gasteiger partial charge in [0.15, 0.2) is 5.16 Å². The lowest BCUT2D eigenvalue weighted by Crippen LogP contribution is -2.15. The van der Waals surface area contributed by atoms with Crippen molar-refractivity contribution in [1.82, 2.24) is 14.8 Å².